The number of nitrogens with two attached hydrogens (primary N) is 1. The second-order valence-corrected chi connectivity index (χ2v) is 5.40. The quantitative estimate of drug-likeness (QED) is 0.807. The lowest BCUT2D eigenvalue weighted by molar-refractivity contribution is 0.0697. The highest BCUT2D eigenvalue weighted by Gasteiger charge is 2.23. The summed E-state index contributed by atoms with van der Waals surface area (Å²) in [7, 11) is 0. The maximum Gasteiger partial charge on any atom is 0.254 e. The van der Waals surface area contributed by atoms with Crippen LogP contribution in [0.4, 0.5) is 4.39 Å². The highest BCUT2D eigenvalue weighted by atomic mass is 19.1. The van der Waals surface area contributed by atoms with Gasteiger partial charge in [0.05, 0.1) is 12.1 Å². The molecule has 0 saturated carbocycles. The third-order valence-electron chi connectivity index (χ3n) is 3.85. The van der Waals surface area contributed by atoms with Gasteiger partial charge in [-0.1, -0.05) is 24.7 Å². The molecule has 1 amide bonds. The summed E-state index contributed by atoms with van der Waals surface area (Å²) in [6.07, 6.45) is 4.32. The van der Waals surface area contributed by atoms with Crippen LogP contribution in [-0.4, -0.2) is 29.9 Å². The van der Waals surface area contributed by atoms with E-state index < -0.39 is 5.82 Å². The van der Waals surface area contributed by atoms with Crippen LogP contribution in [0.25, 0.3) is 0 Å². The van der Waals surface area contributed by atoms with Crippen molar-refractivity contribution < 1.29 is 9.18 Å². The van der Waals surface area contributed by atoms with E-state index in [4.69, 9.17) is 5.73 Å². The highest BCUT2D eigenvalue weighted by molar-refractivity contribution is 5.94. The molecule has 1 atom stereocenters. The van der Waals surface area contributed by atoms with Gasteiger partial charge in [0.1, 0.15) is 5.82 Å². The molecule has 2 N–H and O–H groups in total. The van der Waals surface area contributed by atoms with Gasteiger partial charge < -0.3 is 10.6 Å². The second-order valence-electron chi connectivity index (χ2n) is 5.40. The minimum Gasteiger partial charge on any atom is -0.336 e. The molecule has 1 aliphatic rings. The van der Waals surface area contributed by atoms with E-state index in [1.54, 1.807) is 12.1 Å². The molecule has 2 rings (SSSR count). The van der Waals surface area contributed by atoms with E-state index in [2.05, 4.69) is 18.8 Å². The van der Waals surface area contributed by atoms with Crippen LogP contribution in [0, 0.1) is 17.7 Å². The molecule has 4 heteroatoms. The van der Waals surface area contributed by atoms with Gasteiger partial charge in [-0.3, -0.25) is 4.79 Å². The van der Waals surface area contributed by atoms with Crippen molar-refractivity contribution in [3.05, 3.63) is 35.1 Å². The van der Waals surface area contributed by atoms with Crippen molar-refractivity contribution in [2.75, 3.05) is 13.1 Å². The summed E-state index contributed by atoms with van der Waals surface area (Å²) in [5.74, 6) is 4.71. The topological polar surface area (TPSA) is 46.3 Å². The molecule has 0 bridgehead atoms. The molecule has 1 saturated heterocycles. The SMILES string of the molecule is CC1CCCCCN1C(=O)c1ccc(C#CCN)c(F)c1. The lowest BCUT2D eigenvalue weighted by Gasteiger charge is -2.27. The number of hydrogen-bond donors (Lipinski definition) is 1. The van der Waals surface area contributed by atoms with Crippen molar-refractivity contribution in [1.29, 1.82) is 0 Å². The van der Waals surface area contributed by atoms with Crippen LogP contribution in [0.5, 0.6) is 0 Å². The van der Waals surface area contributed by atoms with Crippen molar-refractivity contribution in [3.8, 4) is 11.8 Å². The van der Waals surface area contributed by atoms with Crippen LogP contribution >= 0.6 is 0 Å². The summed E-state index contributed by atoms with van der Waals surface area (Å²) in [5.41, 5.74) is 5.94. The first-order valence-electron chi connectivity index (χ1n) is 7.43. The van der Waals surface area contributed by atoms with Crippen molar-refractivity contribution in [2.24, 2.45) is 5.73 Å². The monoisotopic (exact) mass is 288 g/mol. The van der Waals surface area contributed by atoms with Gasteiger partial charge in [-0.25, -0.2) is 4.39 Å². The van der Waals surface area contributed by atoms with E-state index in [1.165, 1.54) is 6.07 Å². The third-order valence-corrected chi connectivity index (χ3v) is 3.85. The van der Waals surface area contributed by atoms with E-state index in [-0.39, 0.29) is 24.1 Å². The molecule has 1 fully saturated rings. The predicted octanol–water partition coefficient (Wildman–Crippen LogP) is 2.54. The lowest BCUT2D eigenvalue weighted by Crippen LogP contribution is -2.38. The smallest absolute Gasteiger partial charge is 0.254 e. The summed E-state index contributed by atoms with van der Waals surface area (Å²) in [5, 5.41) is 0. The van der Waals surface area contributed by atoms with Crippen molar-refractivity contribution >= 4 is 5.91 Å². The highest BCUT2D eigenvalue weighted by Crippen LogP contribution is 2.20. The van der Waals surface area contributed by atoms with Gasteiger partial charge in [-0.15, -0.1) is 0 Å². The molecule has 3 nitrogen and oxygen atoms in total. The summed E-state index contributed by atoms with van der Waals surface area (Å²) >= 11 is 0. The largest absolute Gasteiger partial charge is 0.336 e. The molecule has 1 aromatic carbocycles. The summed E-state index contributed by atoms with van der Waals surface area (Å²) in [6, 6.07) is 4.68. The Morgan fingerprint density at radius 1 is 1.43 bits per heavy atom. The van der Waals surface area contributed by atoms with Crippen LogP contribution in [0.2, 0.25) is 0 Å². The maximum atomic E-state index is 14.0. The normalized spacial score (nSPS) is 18.6. The summed E-state index contributed by atoms with van der Waals surface area (Å²) in [4.78, 5) is 14.4. The number of halogens is 1. The zero-order chi connectivity index (χ0) is 15.2. The Morgan fingerprint density at radius 2 is 2.24 bits per heavy atom. The van der Waals surface area contributed by atoms with E-state index in [0.29, 0.717) is 5.56 Å². The number of rotatable bonds is 1. The number of carbonyl (C=O) groups excluding carboxylic acids is 1. The standard InChI is InChI=1S/C17H21FN2O/c1-13-6-3-2-4-11-20(13)17(21)15-9-8-14(7-5-10-19)16(18)12-15/h8-9,12-13H,2-4,6,10-11,19H2,1H3. The van der Waals surface area contributed by atoms with Crippen molar-refractivity contribution in [2.45, 2.75) is 38.6 Å². The molecule has 0 radical (unpaired) electrons. The zero-order valence-electron chi connectivity index (χ0n) is 12.4. The molecule has 1 heterocycles. The first kappa shape index (κ1) is 15.5. The molecule has 0 aromatic heterocycles. The Balaban J connectivity index is 2.20. The van der Waals surface area contributed by atoms with Crippen LogP contribution in [0.1, 0.15) is 48.5 Å². The molecular formula is C17H21FN2O. The number of benzene rings is 1. The maximum absolute atomic E-state index is 14.0. The molecule has 1 aromatic rings. The van der Waals surface area contributed by atoms with Gasteiger partial charge in [-0.2, -0.15) is 0 Å². The minimum atomic E-state index is -0.468. The fourth-order valence-corrected chi connectivity index (χ4v) is 2.64. The average molecular weight is 288 g/mol. The van der Waals surface area contributed by atoms with Gasteiger partial charge in [0.15, 0.2) is 0 Å². The molecule has 112 valence electrons. The van der Waals surface area contributed by atoms with Gasteiger partial charge in [-0.05, 0) is 38.0 Å². The van der Waals surface area contributed by atoms with Crippen LogP contribution < -0.4 is 5.73 Å². The number of nitrogens with zero attached hydrogens (tertiary/aromatic N) is 1. The Kier molecular flexibility index (Phi) is 5.35. The van der Waals surface area contributed by atoms with E-state index in [1.807, 2.05) is 4.90 Å². The van der Waals surface area contributed by atoms with Crippen LogP contribution in [-0.2, 0) is 0 Å². The van der Waals surface area contributed by atoms with E-state index in [0.717, 1.165) is 32.2 Å². The molecule has 21 heavy (non-hydrogen) atoms. The number of carbonyl (C=O) groups is 1. The molecular weight excluding hydrogens is 267 g/mol. The fourth-order valence-electron chi connectivity index (χ4n) is 2.64. The number of amides is 1. The fraction of sp³-hybridized carbons (Fsp3) is 0.471. The van der Waals surface area contributed by atoms with Crippen molar-refractivity contribution in [1.82, 2.24) is 4.90 Å². The Labute approximate surface area is 125 Å². The summed E-state index contributed by atoms with van der Waals surface area (Å²) in [6.45, 7) is 2.99. The number of hydrogen-bond acceptors (Lipinski definition) is 2. The Morgan fingerprint density at radius 3 is 2.95 bits per heavy atom. The van der Waals surface area contributed by atoms with Gasteiger partial charge in [0, 0.05) is 18.2 Å². The second kappa shape index (κ2) is 7.24. The van der Waals surface area contributed by atoms with Crippen molar-refractivity contribution in [3.63, 3.8) is 0 Å². The third kappa shape index (κ3) is 3.83. The lowest BCUT2D eigenvalue weighted by atomic mass is 10.1. The molecule has 1 aliphatic heterocycles. The Hall–Kier alpha value is -1.86. The number of likely N-dealkylation sites (tertiary alicyclic amines) is 1. The van der Waals surface area contributed by atoms with Gasteiger partial charge in [0.2, 0.25) is 0 Å². The molecule has 0 aliphatic carbocycles. The zero-order valence-corrected chi connectivity index (χ0v) is 12.4. The summed E-state index contributed by atoms with van der Waals surface area (Å²) < 4.78 is 14.0. The Bertz CT molecular complexity index is 574. The first-order chi connectivity index (χ1) is 10.1. The minimum absolute atomic E-state index is 0.0957. The first-order valence-corrected chi connectivity index (χ1v) is 7.43. The predicted molar refractivity (Wildman–Crippen MR) is 81.3 cm³/mol. The van der Waals surface area contributed by atoms with Crippen LogP contribution in [0.15, 0.2) is 18.2 Å². The average Bonchev–Trinajstić information content (AvgIpc) is 2.70. The molecule has 1 unspecified atom stereocenters. The van der Waals surface area contributed by atoms with E-state index >= 15 is 0 Å². The van der Waals surface area contributed by atoms with Gasteiger partial charge in [0.25, 0.3) is 5.91 Å². The molecule has 0 spiro atoms. The van der Waals surface area contributed by atoms with Crippen LogP contribution in [0.3, 0.4) is 0 Å². The van der Waals surface area contributed by atoms with Gasteiger partial charge >= 0.3 is 0 Å². The van der Waals surface area contributed by atoms with E-state index in [9.17, 15) is 9.18 Å².